The van der Waals surface area contributed by atoms with Gasteiger partial charge < -0.3 is 10.2 Å². The van der Waals surface area contributed by atoms with E-state index < -0.39 is 0 Å². The Morgan fingerprint density at radius 3 is 2.76 bits per heavy atom. The average molecular weight is 239 g/mol. The maximum absolute atomic E-state index is 3.54. The van der Waals surface area contributed by atoms with Crippen LogP contribution in [-0.4, -0.2) is 61.7 Å². The van der Waals surface area contributed by atoms with E-state index in [4.69, 9.17) is 0 Å². The van der Waals surface area contributed by atoms with Crippen molar-refractivity contribution >= 4 is 0 Å². The minimum Gasteiger partial charge on any atom is -0.314 e. The fourth-order valence-electron chi connectivity index (χ4n) is 3.33. The molecular weight excluding hydrogens is 210 g/mol. The molecule has 2 aliphatic rings. The molecule has 2 saturated heterocycles. The minimum absolute atomic E-state index is 0.749. The molecule has 0 aromatic carbocycles. The Hall–Kier alpha value is -0.120. The summed E-state index contributed by atoms with van der Waals surface area (Å²) in [4.78, 5) is 5.34. The lowest BCUT2D eigenvalue weighted by Gasteiger charge is -2.40. The number of rotatable bonds is 4. The normalized spacial score (nSPS) is 32.5. The van der Waals surface area contributed by atoms with Gasteiger partial charge in [-0.2, -0.15) is 0 Å². The van der Waals surface area contributed by atoms with E-state index in [1.54, 1.807) is 0 Å². The standard InChI is InChI=1S/C14H29N3/c1-4-16-7-5-13(10-16)11-17-8-6-15-9-14(17)12(2)3/h12-15H,4-11H2,1-3H3. The van der Waals surface area contributed by atoms with E-state index >= 15 is 0 Å². The highest BCUT2D eigenvalue weighted by Crippen LogP contribution is 2.20. The first kappa shape index (κ1) is 13.3. The van der Waals surface area contributed by atoms with E-state index in [9.17, 15) is 0 Å². The lowest BCUT2D eigenvalue weighted by Crippen LogP contribution is -2.54. The summed E-state index contributed by atoms with van der Waals surface area (Å²) in [5.74, 6) is 1.68. The molecule has 2 fully saturated rings. The molecule has 100 valence electrons. The summed E-state index contributed by atoms with van der Waals surface area (Å²) in [6.07, 6.45) is 1.41. The van der Waals surface area contributed by atoms with Crippen molar-refractivity contribution in [2.24, 2.45) is 11.8 Å². The Balaban J connectivity index is 1.84. The molecule has 0 spiro atoms. The fourth-order valence-corrected chi connectivity index (χ4v) is 3.33. The quantitative estimate of drug-likeness (QED) is 0.797. The summed E-state index contributed by atoms with van der Waals surface area (Å²) in [5.41, 5.74) is 0. The van der Waals surface area contributed by atoms with Crippen molar-refractivity contribution in [3.63, 3.8) is 0 Å². The number of piperazine rings is 1. The summed E-state index contributed by atoms with van der Waals surface area (Å²) < 4.78 is 0. The van der Waals surface area contributed by atoms with E-state index in [2.05, 4.69) is 35.9 Å². The monoisotopic (exact) mass is 239 g/mol. The van der Waals surface area contributed by atoms with E-state index in [1.807, 2.05) is 0 Å². The van der Waals surface area contributed by atoms with E-state index in [0.29, 0.717) is 0 Å². The second kappa shape index (κ2) is 6.17. The Labute approximate surface area is 107 Å². The third-order valence-electron chi connectivity index (χ3n) is 4.48. The van der Waals surface area contributed by atoms with Crippen molar-refractivity contribution in [1.82, 2.24) is 15.1 Å². The zero-order valence-electron chi connectivity index (χ0n) is 11.8. The molecule has 2 atom stereocenters. The maximum atomic E-state index is 3.54. The molecule has 0 aliphatic carbocycles. The van der Waals surface area contributed by atoms with Crippen molar-refractivity contribution in [1.29, 1.82) is 0 Å². The first-order chi connectivity index (χ1) is 8.20. The van der Waals surface area contributed by atoms with Crippen LogP contribution in [0.15, 0.2) is 0 Å². The predicted molar refractivity (Wildman–Crippen MR) is 73.3 cm³/mol. The summed E-state index contributed by atoms with van der Waals surface area (Å²) in [5, 5.41) is 3.54. The van der Waals surface area contributed by atoms with Crippen LogP contribution in [-0.2, 0) is 0 Å². The molecule has 0 radical (unpaired) electrons. The van der Waals surface area contributed by atoms with Crippen LogP contribution < -0.4 is 5.32 Å². The molecule has 0 aromatic rings. The van der Waals surface area contributed by atoms with Gasteiger partial charge in [0.05, 0.1) is 0 Å². The number of hydrogen-bond donors (Lipinski definition) is 1. The van der Waals surface area contributed by atoms with Crippen LogP contribution in [0.1, 0.15) is 27.2 Å². The van der Waals surface area contributed by atoms with Gasteiger partial charge >= 0.3 is 0 Å². The number of nitrogens with one attached hydrogen (secondary N) is 1. The van der Waals surface area contributed by atoms with Gasteiger partial charge in [-0.25, -0.2) is 0 Å². The summed E-state index contributed by atoms with van der Waals surface area (Å²) in [6.45, 7) is 15.8. The molecular formula is C14H29N3. The topological polar surface area (TPSA) is 18.5 Å². The molecule has 3 nitrogen and oxygen atoms in total. The van der Waals surface area contributed by atoms with Gasteiger partial charge in [-0.05, 0) is 31.3 Å². The Morgan fingerprint density at radius 2 is 2.12 bits per heavy atom. The Kier molecular flexibility index (Phi) is 4.83. The first-order valence-corrected chi connectivity index (χ1v) is 7.37. The van der Waals surface area contributed by atoms with Crippen LogP contribution in [0.5, 0.6) is 0 Å². The predicted octanol–water partition coefficient (Wildman–Crippen LogP) is 1.26. The van der Waals surface area contributed by atoms with E-state index in [-0.39, 0.29) is 0 Å². The highest BCUT2D eigenvalue weighted by molar-refractivity contribution is 4.86. The van der Waals surface area contributed by atoms with Gasteiger partial charge in [0.1, 0.15) is 0 Å². The van der Waals surface area contributed by atoms with Crippen molar-refractivity contribution in [2.45, 2.75) is 33.2 Å². The second-order valence-electron chi connectivity index (χ2n) is 6.06. The van der Waals surface area contributed by atoms with Crippen LogP contribution in [0.25, 0.3) is 0 Å². The van der Waals surface area contributed by atoms with Crippen LogP contribution in [0.3, 0.4) is 0 Å². The van der Waals surface area contributed by atoms with Gasteiger partial charge in [0.15, 0.2) is 0 Å². The van der Waals surface area contributed by atoms with Gasteiger partial charge in [0.2, 0.25) is 0 Å². The number of hydrogen-bond acceptors (Lipinski definition) is 3. The van der Waals surface area contributed by atoms with Gasteiger partial charge in [0, 0.05) is 38.8 Å². The van der Waals surface area contributed by atoms with E-state index in [0.717, 1.165) is 17.9 Å². The van der Waals surface area contributed by atoms with Crippen LogP contribution in [0.2, 0.25) is 0 Å². The molecule has 2 aliphatic heterocycles. The summed E-state index contributed by atoms with van der Waals surface area (Å²) in [7, 11) is 0. The Morgan fingerprint density at radius 1 is 1.29 bits per heavy atom. The fraction of sp³-hybridized carbons (Fsp3) is 1.00. The van der Waals surface area contributed by atoms with Crippen LogP contribution >= 0.6 is 0 Å². The zero-order valence-corrected chi connectivity index (χ0v) is 11.8. The lowest BCUT2D eigenvalue weighted by molar-refractivity contribution is 0.106. The van der Waals surface area contributed by atoms with Crippen molar-refractivity contribution in [3.05, 3.63) is 0 Å². The molecule has 0 bridgehead atoms. The van der Waals surface area contributed by atoms with Gasteiger partial charge in [-0.1, -0.05) is 20.8 Å². The molecule has 1 N–H and O–H groups in total. The van der Waals surface area contributed by atoms with Crippen molar-refractivity contribution < 1.29 is 0 Å². The van der Waals surface area contributed by atoms with Crippen LogP contribution in [0, 0.1) is 11.8 Å². The molecule has 0 amide bonds. The lowest BCUT2D eigenvalue weighted by atomic mass is 9.98. The smallest absolute Gasteiger partial charge is 0.0244 e. The molecule has 2 heterocycles. The SMILES string of the molecule is CCN1CCC(CN2CCNCC2C(C)C)C1. The number of likely N-dealkylation sites (tertiary alicyclic amines) is 1. The third kappa shape index (κ3) is 3.43. The summed E-state index contributed by atoms with van der Waals surface area (Å²) >= 11 is 0. The second-order valence-corrected chi connectivity index (χ2v) is 6.06. The Bertz CT molecular complexity index is 230. The van der Waals surface area contributed by atoms with Gasteiger partial charge in [-0.15, -0.1) is 0 Å². The highest BCUT2D eigenvalue weighted by Gasteiger charge is 2.29. The first-order valence-electron chi connectivity index (χ1n) is 7.37. The van der Waals surface area contributed by atoms with Crippen molar-refractivity contribution in [3.8, 4) is 0 Å². The zero-order chi connectivity index (χ0) is 12.3. The largest absolute Gasteiger partial charge is 0.314 e. The molecule has 0 aromatic heterocycles. The van der Waals surface area contributed by atoms with Gasteiger partial charge in [-0.3, -0.25) is 4.90 Å². The molecule has 2 unspecified atom stereocenters. The maximum Gasteiger partial charge on any atom is 0.0244 e. The van der Waals surface area contributed by atoms with Crippen molar-refractivity contribution in [2.75, 3.05) is 45.8 Å². The summed E-state index contributed by atoms with van der Waals surface area (Å²) in [6, 6.07) is 0.749. The number of nitrogens with zero attached hydrogens (tertiary/aromatic N) is 2. The molecule has 3 heteroatoms. The van der Waals surface area contributed by atoms with Gasteiger partial charge in [0.25, 0.3) is 0 Å². The molecule has 2 rings (SSSR count). The average Bonchev–Trinajstić information content (AvgIpc) is 2.77. The van der Waals surface area contributed by atoms with E-state index in [1.165, 1.54) is 52.2 Å². The highest BCUT2D eigenvalue weighted by atomic mass is 15.2. The van der Waals surface area contributed by atoms with Crippen LogP contribution in [0.4, 0.5) is 0 Å². The molecule has 17 heavy (non-hydrogen) atoms. The third-order valence-corrected chi connectivity index (χ3v) is 4.48. The molecule has 0 saturated carbocycles. The minimum atomic E-state index is 0.749.